The van der Waals surface area contributed by atoms with Crippen molar-refractivity contribution in [2.45, 2.75) is 99.1 Å². The van der Waals surface area contributed by atoms with Gasteiger partial charge in [-0.25, -0.2) is 25.0 Å². The van der Waals surface area contributed by atoms with E-state index in [2.05, 4.69) is 30.3 Å². The molecule has 4 aromatic heterocycles. The van der Waals surface area contributed by atoms with Crippen molar-refractivity contribution in [1.82, 2.24) is 29.5 Å². The zero-order chi connectivity index (χ0) is 98.3. The largest absolute Gasteiger partial charge is 0.494 e. The van der Waals surface area contributed by atoms with Gasteiger partial charge in [-0.15, -0.1) is 34.0 Å². The molecule has 9 aromatic carbocycles. The van der Waals surface area contributed by atoms with Gasteiger partial charge in [-0.2, -0.15) is 0 Å². The van der Waals surface area contributed by atoms with Gasteiger partial charge in [0, 0.05) is 83.7 Å². The van der Waals surface area contributed by atoms with Crippen molar-refractivity contribution in [2.24, 2.45) is 65.5 Å². The summed E-state index contributed by atoms with van der Waals surface area (Å²) in [5, 5.41) is 7.64. The number of amides is 6. The van der Waals surface area contributed by atoms with Crippen molar-refractivity contribution >= 4 is 122 Å². The smallest absolute Gasteiger partial charge is 0.267 e. The zero-order valence-corrected chi connectivity index (χ0v) is 81.3. The molecule has 140 heavy (non-hydrogen) atoms. The number of rotatable bonds is 27. The number of methoxy groups -OCH3 is 1. The van der Waals surface area contributed by atoms with Crippen molar-refractivity contribution < 1.29 is 47.8 Å². The van der Waals surface area contributed by atoms with Crippen LogP contribution in [0, 0.1) is 11.8 Å². The first-order valence-electron chi connectivity index (χ1n) is 46.1. The highest BCUT2D eigenvalue weighted by Gasteiger charge is 2.59. The molecule has 6 amide bonds. The van der Waals surface area contributed by atoms with Crippen LogP contribution in [0.5, 0.6) is 5.75 Å². The predicted octanol–water partition coefficient (Wildman–Crippen LogP) is 16.3. The third kappa shape index (κ3) is 20.2. The Labute approximate surface area is 829 Å². The molecular formula is C109H108ClN17O10S3. The number of hydrogen-bond donors (Lipinski definition) is 6. The van der Waals surface area contributed by atoms with Crippen LogP contribution in [0.25, 0.3) is 21.6 Å². The minimum atomic E-state index is -1.26. The van der Waals surface area contributed by atoms with E-state index in [1.165, 1.54) is 26.0 Å². The molecule has 3 unspecified atom stereocenters. The number of benzene rings is 9. The van der Waals surface area contributed by atoms with E-state index in [9.17, 15) is 33.6 Å². The van der Waals surface area contributed by atoms with Crippen molar-refractivity contribution in [3.63, 3.8) is 0 Å². The Hall–Kier alpha value is -14.9. The molecule has 3 atom stereocenters. The number of pyridine rings is 1. The number of nitrogens with one attached hydrogen (secondary N) is 1. The molecule has 0 saturated heterocycles. The van der Waals surface area contributed by atoms with Crippen LogP contribution in [0.4, 0.5) is 5.69 Å². The van der Waals surface area contributed by atoms with Crippen LogP contribution in [-0.4, -0.2) is 155 Å². The molecule has 714 valence electrons. The van der Waals surface area contributed by atoms with E-state index in [1.807, 2.05) is 309 Å². The standard InChI is InChI=1S/C29H30N4O2.C22H25N3O4.C22H21N3O2S.C20H17N3OS.C16H15ClN4OS/c30-28-32-29(23-12-6-2-7-13-23,24-14-8-3-9-15-24)27(35)33(28)20-21-16-18-25(19-17-21)31-26(34)22-10-4-1-5-11-22;1-25-20(27)22(24-21(25)23,17-8-4-3-5-9-17)18-10-6-7-16(13-18)14-19(26)15-29-12-11-28-2;1-3-27-17-11-7-8-15(14-17)18-12-13-19(28-18)22(16-9-5-4-6-10-16)20(26)25(2)21(23)24-22;21-19-22-20(15-8-3-1-4-9-15,16-10-5-2-6-11-16)18(24)23(19)14-17-12-7-13-25-17;1-21-14(22)16(11-2-3-11,20-15(21)18)13-5-10(8-23-13)9-4-12(17)7-19-6-9/h2-3,6-9,12-19,22H,1,4-5,10-11,20H2,(H2,30,32)(H,31,34);3-10,13H,11-12,14-15H2,1-2H3,(H2,23,24);4-14H,3H2,1-2H3,(H2,23,24);1-13H,14H2,(H2,21,22);4-8,11H,2-3H2,1H3,(H2,18,20). The third-order valence-corrected chi connectivity index (χ3v) is 28.9. The van der Waals surface area contributed by atoms with Gasteiger partial charge in [-0.1, -0.05) is 267 Å². The van der Waals surface area contributed by atoms with Gasteiger partial charge in [0.2, 0.25) is 11.4 Å². The van der Waals surface area contributed by atoms with Crippen molar-refractivity contribution in [2.75, 3.05) is 60.0 Å². The topological polar surface area (TPSA) is 380 Å². The lowest BCUT2D eigenvalue weighted by Gasteiger charge is -2.27. The van der Waals surface area contributed by atoms with E-state index in [0.29, 0.717) is 49.5 Å². The van der Waals surface area contributed by atoms with Gasteiger partial charge in [0.25, 0.3) is 29.5 Å². The first-order valence-corrected chi connectivity index (χ1v) is 49.0. The molecule has 20 rings (SSSR count). The highest BCUT2D eigenvalue weighted by atomic mass is 35.5. The van der Waals surface area contributed by atoms with Crippen LogP contribution in [-0.2, 0) is 90.2 Å². The number of carbonyl (C=O) groups excluding carboxylic acids is 7. The molecule has 2 saturated carbocycles. The van der Waals surface area contributed by atoms with Gasteiger partial charge in [0.05, 0.1) is 37.9 Å². The van der Waals surface area contributed by atoms with Crippen LogP contribution >= 0.6 is 45.6 Å². The maximum absolute atomic E-state index is 13.9. The average molecular weight is 1950 g/mol. The number of nitrogens with two attached hydrogens (primary N) is 5. The second kappa shape index (κ2) is 43.4. The highest BCUT2D eigenvalue weighted by molar-refractivity contribution is 7.15. The van der Waals surface area contributed by atoms with Crippen molar-refractivity contribution in [1.29, 1.82) is 0 Å². The Kier molecular flexibility index (Phi) is 30.4. The van der Waals surface area contributed by atoms with Crippen LogP contribution < -0.4 is 38.7 Å². The van der Waals surface area contributed by atoms with Crippen LogP contribution in [0.2, 0.25) is 5.02 Å². The van der Waals surface area contributed by atoms with Gasteiger partial charge in [-0.3, -0.25) is 63.0 Å². The molecule has 11 N–H and O–H groups in total. The lowest BCUT2D eigenvalue weighted by atomic mass is 9.82. The second-order valence-corrected chi connectivity index (χ2v) is 38.0. The van der Waals surface area contributed by atoms with E-state index >= 15 is 0 Å². The monoisotopic (exact) mass is 1950 g/mol. The molecule has 2 aliphatic carbocycles. The number of aliphatic imine (C=N–C) groups is 5. The first-order chi connectivity index (χ1) is 67.9. The maximum Gasteiger partial charge on any atom is 0.267 e. The number of ether oxygens (including phenoxy) is 3. The number of hydrogen-bond acceptors (Lipinski definition) is 24. The number of guanidine groups is 5. The summed E-state index contributed by atoms with van der Waals surface area (Å²) in [4.78, 5) is 130. The van der Waals surface area contributed by atoms with E-state index in [-0.39, 0.29) is 89.9 Å². The molecule has 5 aliphatic heterocycles. The van der Waals surface area contributed by atoms with Gasteiger partial charge in [0.15, 0.2) is 57.7 Å². The number of halogens is 1. The van der Waals surface area contributed by atoms with E-state index in [1.54, 1.807) is 79.6 Å². The molecule has 13 aromatic rings. The lowest BCUT2D eigenvalue weighted by Crippen LogP contribution is -2.43. The maximum atomic E-state index is 13.9. The Morgan fingerprint density at radius 2 is 0.950 bits per heavy atom. The highest BCUT2D eigenvalue weighted by Crippen LogP contribution is 2.54. The number of aromatic nitrogens is 1. The number of ketones is 1. The molecular weight excluding hydrogens is 1840 g/mol. The molecule has 31 heteroatoms. The Bertz CT molecular complexity index is 6710. The van der Waals surface area contributed by atoms with Gasteiger partial charge >= 0.3 is 0 Å². The quantitative estimate of drug-likeness (QED) is 0.0260. The van der Waals surface area contributed by atoms with Crippen LogP contribution in [0.3, 0.4) is 0 Å². The first kappa shape index (κ1) is 98.1. The number of thiophene rings is 3. The number of carbonyl (C=O) groups is 7. The molecule has 2 fully saturated rings. The summed E-state index contributed by atoms with van der Waals surface area (Å²) in [5.41, 5.74) is 35.8. The van der Waals surface area contributed by atoms with Crippen molar-refractivity contribution in [3.8, 4) is 27.3 Å². The summed E-state index contributed by atoms with van der Waals surface area (Å²) < 4.78 is 15.8. The van der Waals surface area contributed by atoms with Gasteiger partial charge in [-0.05, 0) is 165 Å². The Balaban J connectivity index is 0.000000127. The van der Waals surface area contributed by atoms with Crippen LogP contribution in [0.1, 0.15) is 117 Å². The fraction of sp³-hybridized carbons (Fsp3) is 0.239. The summed E-state index contributed by atoms with van der Waals surface area (Å²) >= 11 is 10.7. The van der Waals surface area contributed by atoms with E-state index < -0.39 is 27.7 Å². The third-order valence-electron chi connectivity index (χ3n) is 25.6. The molecule has 7 aliphatic rings. The summed E-state index contributed by atoms with van der Waals surface area (Å²) in [6.45, 7) is 4.14. The van der Waals surface area contributed by atoms with Crippen LogP contribution in [0.15, 0.2) is 339 Å². The Morgan fingerprint density at radius 3 is 1.44 bits per heavy atom. The second-order valence-electron chi connectivity index (χ2n) is 34.6. The Morgan fingerprint density at radius 1 is 0.450 bits per heavy atom. The molecule has 0 spiro atoms. The minimum absolute atomic E-state index is 0.0180. The summed E-state index contributed by atoms with van der Waals surface area (Å²) in [5.74, 6) is 1.64. The lowest BCUT2D eigenvalue weighted by molar-refractivity contribution is -0.131. The minimum Gasteiger partial charge on any atom is -0.494 e. The van der Waals surface area contributed by atoms with E-state index in [0.717, 1.165) is 131 Å². The summed E-state index contributed by atoms with van der Waals surface area (Å²) in [6.07, 6.45) is 11.0. The molecule has 0 radical (unpaired) electrons. The fourth-order valence-corrected chi connectivity index (χ4v) is 21.3. The average Bonchev–Trinajstić information content (AvgIpc) is 1.43. The van der Waals surface area contributed by atoms with E-state index in [4.69, 9.17) is 59.5 Å². The van der Waals surface area contributed by atoms with Gasteiger partial charge < -0.3 is 48.2 Å². The molecule has 0 bridgehead atoms. The molecule has 27 nitrogen and oxygen atoms in total. The zero-order valence-electron chi connectivity index (χ0n) is 78.1. The number of Topliss-reactive ketones (excluding diaryl/α,β-unsaturated/α-hetero) is 1. The predicted molar refractivity (Wildman–Crippen MR) is 551 cm³/mol. The summed E-state index contributed by atoms with van der Waals surface area (Å²) in [7, 11) is 6.53. The van der Waals surface area contributed by atoms with Gasteiger partial charge in [0.1, 0.15) is 12.4 Å². The SMILES string of the molecule is CCOc1cccc(-c2ccc(C3(c4ccccc4)N=C(N)N(C)C3=O)s2)c1.CN1C(=O)C(c2cc(-c3cncc(Cl)c3)cs2)(C2CC2)N=C1N.COCCOCC(=O)Cc1cccc(C2(c3ccccc3)N=C(N)N(C)C2=O)c1.NC1=NC(c2ccccc2)(c2ccccc2)C(=O)N1Cc1ccc(NC(=O)C2CCCCC2)cc1.NC1=NC(c2ccccc2)(c2ccccc2)C(=O)N1Cc1cccs1. The normalized spacial score (nSPS) is 19.0. The number of anilines is 1. The molecule has 9 heterocycles. The summed E-state index contributed by atoms with van der Waals surface area (Å²) in [6, 6.07) is 92.0. The number of likely N-dealkylation sites (N-methyl/N-ethyl adjacent to an activating group) is 3. The fourth-order valence-electron chi connectivity index (χ4n) is 18.1. The van der Waals surface area contributed by atoms with Crippen molar-refractivity contribution in [3.05, 3.63) is 384 Å². The number of nitrogens with zero attached hydrogens (tertiary/aromatic N) is 11.